The maximum absolute atomic E-state index is 6.55. The topological polar surface area (TPSA) is 18.1 Å². The van der Waals surface area contributed by atoms with Crippen molar-refractivity contribution in [2.75, 3.05) is 0 Å². The molecule has 0 radical (unpaired) electrons. The third kappa shape index (κ3) is 4.17. The molecule has 0 amide bonds. The average Bonchev–Trinajstić information content (AvgIpc) is 3.76. The molecule has 0 N–H and O–H groups in total. The SMILES string of the molecule is c1ccc(-n2c3ccccc3c3cc(-c4c5ccccc5c(-c5ccc6oc7cc8c(ccc9ccccc98)cc7c6c5)c5ccccc45)ccc32)cc1. The van der Waals surface area contributed by atoms with Crippen LogP contribution in [0.2, 0.25) is 0 Å². The van der Waals surface area contributed by atoms with Gasteiger partial charge in [0.25, 0.3) is 0 Å². The van der Waals surface area contributed by atoms with Crippen molar-refractivity contribution in [2.45, 2.75) is 0 Å². The van der Waals surface area contributed by atoms with E-state index in [2.05, 4.69) is 193 Å². The molecule has 2 heterocycles. The second-order valence-corrected chi connectivity index (χ2v) is 14.4. The van der Waals surface area contributed by atoms with Crippen molar-refractivity contribution in [3.63, 3.8) is 0 Å². The summed E-state index contributed by atoms with van der Waals surface area (Å²) in [7, 11) is 0. The highest BCUT2D eigenvalue weighted by atomic mass is 16.3. The van der Waals surface area contributed by atoms with Gasteiger partial charge in [-0.2, -0.15) is 0 Å². The van der Waals surface area contributed by atoms with E-state index in [4.69, 9.17) is 4.42 Å². The van der Waals surface area contributed by atoms with E-state index in [1.807, 2.05) is 0 Å². The fraction of sp³-hybridized carbons (Fsp3) is 0. The summed E-state index contributed by atoms with van der Waals surface area (Å²) in [5.74, 6) is 0. The molecule has 0 aliphatic heterocycles. The predicted molar refractivity (Wildman–Crippen MR) is 229 cm³/mol. The Labute approximate surface area is 310 Å². The molecule has 250 valence electrons. The Balaban J connectivity index is 1.10. The molecule has 2 aromatic heterocycles. The van der Waals surface area contributed by atoms with Gasteiger partial charge in [-0.25, -0.2) is 0 Å². The molecule has 12 rings (SSSR count). The van der Waals surface area contributed by atoms with Crippen LogP contribution < -0.4 is 0 Å². The molecule has 0 saturated heterocycles. The lowest BCUT2D eigenvalue weighted by molar-refractivity contribution is 0.669. The van der Waals surface area contributed by atoms with Gasteiger partial charge in [0.05, 0.1) is 11.0 Å². The van der Waals surface area contributed by atoms with Gasteiger partial charge in [-0.3, -0.25) is 0 Å². The zero-order chi connectivity index (χ0) is 35.3. The van der Waals surface area contributed by atoms with Gasteiger partial charge in [0.1, 0.15) is 11.2 Å². The Morgan fingerprint density at radius 2 is 0.833 bits per heavy atom. The van der Waals surface area contributed by atoms with Gasteiger partial charge in [-0.1, -0.05) is 133 Å². The minimum Gasteiger partial charge on any atom is -0.456 e. The van der Waals surface area contributed by atoms with Crippen molar-refractivity contribution in [1.82, 2.24) is 4.57 Å². The summed E-state index contributed by atoms with van der Waals surface area (Å²) in [6.45, 7) is 0. The van der Waals surface area contributed by atoms with Gasteiger partial charge < -0.3 is 8.98 Å². The highest BCUT2D eigenvalue weighted by molar-refractivity contribution is 6.23. The number of hydrogen-bond donors (Lipinski definition) is 0. The third-order valence-electron chi connectivity index (χ3n) is 11.5. The molecule has 0 fully saturated rings. The highest BCUT2D eigenvalue weighted by Gasteiger charge is 2.20. The first-order valence-corrected chi connectivity index (χ1v) is 18.6. The molecule has 0 saturated carbocycles. The van der Waals surface area contributed by atoms with Crippen LogP contribution in [0.25, 0.3) is 115 Å². The van der Waals surface area contributed by atoms with Crippen LogP contribution >= 0.6 is 0 Å². The number of para-hydroxylation sites is 2. The van der Waals surface area contributed by atoms with Gasteiger partial charge in [-0.15, -0.1) is 0 Å². The molecule has 0 atom stereocenters. The Morgan fingerprint density at radius 3 is 1.56 bits per heavy atom. The molecule has 0 aliphatic carbocycles. The summed E-state index contributed by atoms with van der Waals surface area (Å²) in [6.07, 6.45) is 0. The molecule has 54 heavy (non-hydrogen) atoms. The summed E-state index contributed by atoms with van der Waals surface area (Å²) in [6, 6.07) is 68.6. The smallest absolute Gasteiger partial charge is 0.136 e. The lowest BCUT2D eigenvalue weighted by atomic mass is 9.85. The van der Waals surface area contributed by atoms with Crippen LogP contribution in [-0.2, 0) is 0 Å². The molecular weight excluding hydrogens is 655 g/mol. The molecule has 2 heteroatoms. The van der Waals surface area contributed by atoms with Crippen LogP contribution in [0, 0.1) is 0 Å². The molecule has 2 nitrogen and oxygen atoms in total. The summed E-state index contributed by atoms with van der Waals surface area (Å²) in [5, 5.41) is 14.7. The lowest BCUT2D eigenvalue weighted by Crippen LogP contribution is -1.93. The van der Waals surface area contributed by atoms with E-state index in [0.29, 0.717) is 0 Å². The normalized spacial score (nSPS) is 12.1. The van der Waals surface area contributed by atoms with Crippen LogP contribution in [0.1, 0.15) is 0 Å². The molecule has 12 aromatic rings. The van der Waals surface area contributed by atoms with Crippen molar-refractivity contribution < 1.29 is 4.42 Å². The van der Waals surface area contributed by atoms with E-state index in [-0.39, 0.29) is 0 Å². The first kappa shape index (κ1) is 29.4. The number of aromatic nitrogens is 1. The number of furan rings is 1. The molecule has 0 aliphatic rings. The summed E-state index contributed by atoms with van der Waals surface area (Å²) in [5.41, 5.74) is 10.3. The standard InChI is InChI=1S/C52H31NO/c1-2-13-36(14-3-1)53-47-21-11-10-16-38(47)44-29-34(24-26-48(44)53)51-39-17-6-8-19-41(39)52(42-20-9-7-18-40(42)51)35-25-27-49-45(30-35)46-28-33-23-22-32-12-4-5-15-37(32)43(33)31-50(46)54-49/h1-31H. The van der Waals surface area contributed by atoms with Crippen molar-refractivity contribution in [2.24, 2.45) is 0 Å². The summed E-state index contributed by atoms with van der Waals surface area (Å²) in [4.78, 5) is 0. The molecule has 10 aromatic carbocycles. The van der Waals surface area contributed by atoms with E-state index in [1.54, 1.807) is 0 Å². The number of fused-ring (bicyclic) bond motifs is 11. The molecule has 0 bridgehead atoms. The quantitative estimate of drug-likeness (QED) is 0.134. The highest BCUT2D eigenvalue weighted by Crippen LogP contribution is 2.46. The minimum absolute atomic E-state index is 0.904. The fourth-order valence-corrected chi connectivity index (χ4v) is 9.17. The maximum atomic E-state index is 6.55. The number of benzene rings is 10. The summed E-state index contributed by atoms with van der Waals surface area (Å²) < 4.78 is 8.93. The Bertz CT molecular complexity index is 3440. The van der Waals surface area contributed by atoms with E-state index < -0.39 is 0 Å². The Morgan fingerprint density at radius 1 is 0.296 bits per heavy atom. The van der Waals surface area contributed by atoms with Gasteiger partial charge in [0.2, 0.25) is 0 Å². The second kappa shape index (κ2) is 11.2. The van der Waals surface area contributed by atoms with Gasteiger partial charge in [-0.05, 0) is 120 Å². The monoisotopic (exact) mass is 685 g/mol. The van der Waals surface area contributed by atoms with Crippen LogP contribution in [0.5, 0.6) is 0 Å². The van der Waals surface area contributed by atoms with Crippen molar-refractivity contribution >= 4 is 86.8 Å². The zero-order valence-electron chi connectivity index (χ0n) is 29.3. The maximum Gasteiger partial charge on any atom is 0.136 e. The number of rotatable bonds is 3. The fourth-order valence-electron chi connectivity index (χ4n) is 9.17. The van der Waals surface area contributed by atoms with Gasteiger partial charge in [0.15, 0.2) is 0 Å². The zero-order valence-corrected chi connectivity index (χ0v) is 29.3. The minimum atomic E-state index is 0.904. The van der Waals surface area contributed by atoms with Gasteiger partial charge >= 0.3 is 0 Å². The van der Waals surface area contributed by atoms with E-state index in [0.717, 1.165) is 21.9 Å². The Kier molecular flexibility index (Phi) is 6.09. The number of nitrogens with zero attached hydrogens (tertiary/aromatic N) is 1. The average molecular weight is 686 g/mol. The largest absolute Gasteiger partial charge is 0.456 e. The van der Waals surface area contributed by atoms with Crippen molar-refractivity contribution in [3.8, 4) is 27.9 Å². The predicted octanol–water partition coefficient (Wildman–Crippen LogP) is 14.6. The van der Waals surface area contributed by atoms with Crippen LogP contribution in [0.3, 0.4) is 0 Å². The second-order valence-electron chi connectivity index (χ2n) is 14.4. The van der Waals surface area contributed by atoms with E-state index in [9.17, 15) is 0 Å². The van der Waals surface area contributed by atoms with Gasteiger partial charge in [0, 0.05) is 27.2 Å². The van der Waals surface area contributed by atoms with Crippen molar-refractivity contribution in [1.29, 1.82) is 0 Å². The first-order chi connectivity index (χ1) is 26.8. The summed E-state index contributed by atoms with van der Waals surface area (Å²) >= 11 is 0. The molecular formula is C52H31NO. The van der Waals surface area contributed by atoms with E-state index >= 15 is 0 Å². The van der Waals surface area contributed by atoms with Crippen LogP contribution in [-0.4, -0.2) is 4.57 Å². The molecule has 0 spiro atoms. The van der Waals surface area contributed by atoms with E-state index in [1.165, 1.54) is 92.8 Å². The molecule has 0 unspecified atom stereocenters. The number of hydrogen-bond acceptors (Lipinski definition) is 1. The first-order valence-electron chi connectivity index (χ1n) is 18.6. The van der Waals surface area contributed by atoms with Crippen LogP contribution in [0.15, 0.2) is 192 Å². The Hall–Kier alpha value is -7.16. The van der Waals surface area contributed by atoms with Crippen molar-refractivity contribution in [3.05, 3.63) is 188 Å². The lowest BCUT2D eigenvalue weighted by Gasteiger charge is -2.18. The van der Waals surface area contributed by atoms with Crippen LogP contribution in [0.4, 0.5) is 0 Å². The third-order valence-corrected chi connectivity index (χ3v) is 11.5.